The molecule has 0 fully saturated rings. The van der Waals surface area contributed by atoms with Crippen molar-refractivity contribution in [2.24, 2.45) is 0 Å². The molecule has 0 radical (unpaired) electrons. The highest BCUT2D eigenvalue weighted by atomic mass is 19.1. The summed E-state index contributed by atoms with van der Waals surface area (Å²) in [4.78, 5) is 0. The van der Waals surface area contributed by atoms with E-state index in [-0.39, 0.29) is 5.69 Å². The Morgan fingerprint density at radius 2 is 1.80 bits per heavy atom. The van der Waals surface area contributed by atoms with Crippen LogP contribution in [0.25, 0.3) is 0 Å². The van der Waals surface area contributed by atoms with E-state index in [4.69, 9.17) is 9.47 Å². The molecule has 0 aromatic heterocycles. The molecule has 0 aliphatic heterocycles. The topological polar surface area (TPSA) is 30.5 Å². The van der Waals surface area contributed by atoms with Gasteiger partial charge in [-0.25, -0.2) is 8.78 Å². The van der Waals surface area contributed by atoms with Gasteiger partial charge < -0.3 is 14.8 Å². The van der Waals surface area contributed by atoms with E-state index in [1.54, 1.807) is 26.4 Å². The third kappa shape index (κ3) is 3.17. The Morgan fingerprint density at radius 3 is 2.45 bits per heavy atom. The second-order valence-electron chi connectivity index (χ2n) is 4.16. The molecule has 0 saturated heterocycles. The van der Waals surface area contributed by atoms with Crippen molar-refractivity contribution in [3.8, 4) is 11.5 Å². The summed E-state index contributed by atoms with van der Waals surface area (Å²) in [6.07, 6.45) is 0. The lowest BCUT2D eigenvalue weighted by Crippen LogP contribution is -2.03. The Hall–Kier alpha value is -2.30. The van der Waals surface area contributed by atoms with Gasteiger partial charge in [-0.05, 0) is 24.3 Å². The van der Waals surface area contributed by atoms with Gasteiger partial charge in [-0.3, -0.25) is 0 Å². The summed E-state index contributed by atoms with van der Waals surface area (Å²) >= 11 is 0. The zero-order valence-electron chi connectivity index (χ0n) is 11.2. The van der Waals surface area contributed by atoms with Crippen LogP contribution < -0.4 is 14.8 Å². The molecule has 20 heavy (non-hydrogen) atoms. The van der Waals surface area contributed by atoms with E-state index in [0.717, 1.165) is 11.6 Å². The van der Waals surface area contributed by atoms with Gasteiger partial charge in [-0.15, -0.1) is 0 Å². The molecular weight excluding hydrogens is 264 g/mol. The molecule has 0 amide bonds. The van der Waals surface area contributed by atoms with Crippen molar-refractivity contribution in [1.29, 1.82) is 0 Å². The van der Waals surface area contributed by atoms with Crippen LogP contribution in [0.5, 0.6) is 11.5 Å². The third-order valence-corrected chi connectivity index (χ3v) is 2.89. The Balaban J connectivity index is 2.14. The fourth-order valence-electron chi connectivity index (χ4n) is 1.82. The largest absolute Gasteiger partial charge is 0.497 e. The number of hydrogen-bond donors (Lipinski definition) is 1. The zero-order valence-corrected chi connectivity index (χ0v) is 11.2. The summed E-state index contributed by atoms with van der Waals surface area (Å²) in [5, 5.41) is 2.91. The summed E-state index contributed by atoms with van der Waals surface area (Å²) in [5.74, 6) is 0.0884. The summed E-state index contributed by atoms with van der Waals surface area (Å²) in [6, 6.07) is 8.77. The molecule has 0 aliphatic carbocycles. The predicted octanol–water partition coefficient (Wildman–Crippen LogP) is 3.59. The van der Waals surface area contributed by atoms with Gasteiger partial charge in [0.15, 0.2) is 0 Å². The molecule has 5 heteroatoms. The SMILES string of the molecule is COc1ccc(CNc2ccc(F)cc2F)c(OC)c1. The monoisotopic (exact) mass is 279 g/mol. The standard InChI is InChI=1S/C15H15F2NO2/c1-19-12-5-3-10(15(8-12)20-2)9-18-14-6-4-11(16)7-13(14)17/h3-8,18H,9H2,1-2H3. The van der Waals surface area contributed by atoms with Crippen LogP contribution in [0.1, 0.15) is 5.56 Å². The molecule has 1 N–H and O–H groups in total. The minimum atomic E-state index is -0.627. The average molecular weight is 279 g/mol. The van der Waals surface area contributed by atoms with Crippen LogP contribution in [-0.2, 0) is 6.54 Å². The molecule has 0 atom stereocenters. The smallest absolute Gasteiger partial charge is 0.149 e. The maximum atomic E-state index is 13.5. The molecular formula is C15H15F2NO2. The molecule has 3 nitrogen and oxygen atoms in total. The van der Waals surface area contributed by atoms with Crippen molar-refractivity contribution in [2.45, 2.75) is 6.54 Å². The second-order valence-corrected chi connectivity index (χ2v) is 4.16. The lowest BCUT2D eigenvalue weighted by molar-refractivity contribution is 0.391. The van der Waals surface area contributed by atoms with Crippen molar-refractivity contribution in [1.82, 2.24) is 0 Å². The molecule has 2 rings (SSSR count). The molecule has 0 bridgehead atoms. The van der Waals surface area contributed by atoms with E-state index in [1.165, 1.54) is 12.1 Å². The fourth-order valence-corrected chi connectivity index (χ4v) is 1.82. The van der Waals surface area contributed by atoms with Crippen LogP contribution in [-0.4, -0.2) is 14.2 Å². The Kier molecular flexibility index (Phi) is 4.40. The first kappa shape index (κ1) is 14.1. The van der Waals surface area contributed by atoms with Gasteiger partial charge >= 0.3 is 0 Å². The van der Waals surface area contributed by atoms with Crippen LogP contribution in [0, 0.1) is 11.6 Å². The summed E-state index contributed by atoms with van der Waals surface area (Å²) in [5.41, 5.74) is 1.08. The fraction of sp³-hybridized carbons (Fsp3) is 0.200. The minimum absolute atomic E-state index is 0.240. The van der Waals surface area contributed by atoms with Gasteiger partial charge in [-0.2, -0.15) is 0 Å². The van der Waals surface area contributed by atoms with E-state index in [9.17, 15) is 8.78 Å². The lowest BCUT2D eigenvalue weighted by atomic mass is 10.2. The van der Waals surface area contributed by atoms with E-state index >= 15 is 0 Å². The molecule has 0 heterocycles. The normalized spacial score (nSPS) is 10.2. The molecule has 2 aromatic carbocycles. The quantitative estimate of drug-likeness (QED) is 0.907. The first-order valence-electron chi connectivity index (χ1n) is 6.04. The molecule has 0 unspecified atom stereocenters. The number of methoxy groups -OCH3 is 2. The van der Waals surface area contributed by atoms with Crippen molar-refractivity contribution in [3.05, 3.63) is 53.6 Å². The minimum Gasteiger partial charge on any atom is -0.497 e. The number of benzene rings is 2. The molecule has 0 spiro atoms. The van der Waals surface area contributed by atoms with E-state index in [2.05, 4.69) is 5.32 Å². The average Bonchev–Trinajstić information content (AvgIpc) is 2.46. The summed E-state index contributed by atoms with van der Waals surface area (Å²) in [6.45, 7) is 0.357. The number of rotatable bonds is 5. The highest BCUT2D eigenvalue weighted by Crippen LogP contribution is 2.25. The third-order valence-electron chi connectivity index (χ3n) is 2.89. The van der Waals surface area contributed by atoms with Gasteiger partial charge in [0, 0.05) is 24.2 Å². The lowest BCUT2D eigenvalue weighted by Gasteiger charge is -2.12. The Bertz CT molecular complexity index is 602. The van der Waals surface area contributed by atoms with Gasteiger partial charge in [0.05, 0.1) is 19.9 Å². The van der Waals surface area contributed by atoms with Gasteiger partial charge in [0.2, 0.25) is 0 Å². The van der Waals surface area contributed by atoms with Crippen LogP contribution in [0.15, 0.2) is 36.4 Å². The van der Waals surface area contributed by atoms with E-state index in [0.29, 0.717) is 18.0 Å². The van der Waals surface area contributed by atoms with Crippen LogP contribution in [0.2, 0.25) is 0 Å². The van der Waals surface area contributed by atoms with Crippen molar-refractivity contribution in [3.63, 3.8) is 0 Å². The van der Waals surface area contributed by atoms with E-state index in [1.807, 2.05) is 6.07 Å². The second kappa shape index (κ2) is 6.23. The molecule has 0 saturated carbocycles. The maximum Gasteiger partial charge on any atom is 0.149 e. The predicted molar refractivity (Wildman–Crippen MR) is 73.2 cm³/mol. The molecule has 2 aromatic rings. The summed E-state index contributed by atoms with van der Waals surface area (Å²) < 4.78 is 36.7. The number of nitrogens with one attached hydrogen (secondary N) is 1. The first-order chi connectivity index (χ1) is 9.63. The van der Waals surface area contributed by atoms with Crippen molar-refractivity contribution in [2.75, 3.05) is 19.5 Å². The number of anilines is 1. The Morgan fingerprint density at radius 1 is 1.00 bits per heavy atom. The molecule has 0 aliphatic rings. The highest BCUT2D eigenvalue weighted by Gasteiger charge is 2.07. The summed E-state index contributed by atoms with van der Waals surface area (Å²) in [7, 11) is 3.12. The van der Waals surface area contributed by atoms with Gasteiger partial charge in [-0.1, -0.05) is 0 Å². The van der Waals surface area contributed by atoms with Crippen LogP contribution in [0.4, 0.5) is 14.5 Å². The maximum absolute atomic E-state index is 13.5. The van der Waals surface area contributed by atoms with Crippen molar-refractivity contribution < 1.29 is 18.3 Å². The van der Waals surface area contributed by atoms with Crippen molar-refractivity contribution >= 4 is 5.69 Å². The highest BCUT2D eigenvalue weighted by molar-refractivity contribution is 5.48. The Labute approximate surface area is 116 Å². The van der Waals surface area contributed by atoms with Crippen LogP contribution >= 0.6 is 0 Å². The number of halogens is 2. The van der Waals surface area contributed by atoms with Gasteiger partial charge in [0.25, 0.3) is 0 Å². The van der Waals surface area contributed by atoms with Crippen LogP contribution in [0.3, 0.4) is 0 Å². The molecule has 106 valence electrons. The number of hydrogen-bond acceptors (Lipinski definition) is 3. The van der Waals surface area contributed by atoms with Gasteiger partial charge in [0.1, 0.15) is 23.1 Å². The van der Waals surface area contributed by atoms with E-state index < -0.39 is 11.6 Å². The first-order valence-corrected chi connectivity index (χ1v) is 6.04. The number of ether oxygens (including phenoxy) is 2. The zero-order chi connectivity index (χ0) is 14.5.